The van der Waals surface area contributed by atoms with E-state index in [-0.39, 0.29) is 23.1 Å². The average Bonchev–Trinajstić information content (AvgIpc) is 3.00. The molecule has 0 spiro atoms. The first-order valence-corrected chi connectivity index (χ1v) is 8.10. The van der Waals surface area contributed by atoms with Crippen molar-refractivity contribution in [2.75, 3.05) is 5.32 Å². The molecule has 5 N–H and O–H groups in total. The summed E-state index contributed by atoms with van der Waals surface area (Å²) < 4.78 is 6.75. The number of aromatic nitrogens is 3. The molecule has 0 aromatic carbocycles. The van der Waals surface area contributed by atoms with Crippen LogP contribution < -0.4 is 10.6 Å². The van der Waals surface area contributed by atoms with Gasteiger partial charge in [0.2, 0.25) is 5.91 Å². The van der Waals surface area contributed by atoms with Crippen molar-refractivity contribution in [3.8, 4) is 0 Å². The van der Waals surface area contributed by atoms with Crippen LogP contribution in [0.2, 0.25) is 0 Å². The molecule has 0 aliphatic carbocycles. The van der Waals surface area contributed by atoms with Gasteiger partial charge in [-0.15, -0.1) is 0 Å². The molecule has 0 bridgehead atoms. The van der Waals surface area contributed by atoms with Gasteiger partial charge >= 0.3 is 0 Å². The minimum absolute atomic E-state index is 0.217. The molecule has 4 rings (SSSR count). The fraction of sp³-hybridized carbons (Fsp3) is 0.375. The number of hydrogen-bond acceptors (Lipinski definition) is 8. The molecule has 27 heavy (non-hydrogen) atoms. The summed E-state index contributed by atoms with van der Waals surface area (Å²) in [4.78, 5) is 31.9. The van der Waals surface area contributed by atoms with Crippen molar-refractivity contribution in [2.24, 2.45) is 0 Å². The highest BCUT2D eigenvalue weighted by Gasteiger charge is 2.53. The maximum absolute atomic E-state index is 12.1. The summed E-state index contributed by atoms with van der Waals surface area (Å²) in [7, 11) is 0. The van der Waals surface area contributed by atoms with Crippen molar-refractivity contribution in [1.82, 2.24) is 19.9 Å². The molecule has 4 heterocycles. The summed E-state index contributed by atoms with van der Waals surface area (Å²) >= 11 is 0. The standard InChI is InChI=1S/C16H17N5O6/c1-6(22)19-8-3-9(23)20-12-10-7(8)4-21(13(10)18-5-17-12)15-16(2,26)11(24)14(25)27-15/h3-5,11,14-15,24-26H,1-2H3,(H,19,22)(H,17,18,20,23)/t11-,14?,15-,16?/m1/s1. The molecule has 0 radical (unpaired) electrons. The molecule has 2 aromatic rings. The third-order valence-corrected chi connectivity index (χ3v) is 4.62. The monoisotopic (exact) mass is 375 g/mol. The molecule has 2 aliphatic heterocycles. The average molecular weight is 375 g/mol. The summed E-state index contributed by atoms with van der Waals surface area (Å²) in [5, 5.41) is 36.1. The first-order valence-electron chi connectivity index (χ1n) is 8.10. The molecule has 2 amide bonds. The van der Waals surface area contributed by atoms with Gasteiger partial charge in [-0.2, -0.15) is 0 Å². The van der Waals surface area contributed by atoms with Crippen LogP contribution in [-0.2, 0) is 14.3 Å². The lowest BCUT2D eigenvalue weighted by Crippen LogP contribution is -2.43. The molecule has 142 valence electrons. The van der Waals surface area contributed by atoms with Crippen LogP contribution in [-0.4, -0.2) is 59.7 Å². The molecule has 0 saturated carbocycles. The normalized spacial score (nSPS) is 30.0. The molecular weight excluding hydrogens is 358 g/mol. The number of nitrogens with zero attached hydrogens (tertiary/aromatic N) is 3. The van der Waals surface area contributed by atoms with Gasteiger partial charge < -0.3 is 35.3 Å². The molecule has 1 fully saturated rings. The van der Waals surface area contributed by atoms with Crippen molar-refractivity contribution in [2.45, 2.75) is 38.1 Å². The SMILES string of the molecule is CC(=O)NC1=CC(=O)Nc2ncnc3c2c1cn3[C@@H]1OC(O)[C@@H](O)C1(C)O. The molecule has 11 heteroatoms. The van der Waals surface area contributed by atoms with Crippen LogP contribution in [0.4, 0.5) is 5.82 Å². The quantitative estimate of drug-likeness (QED) is 0.439. The maximum atomic E-state index is 12.1. The van der Waals surface area contributed by atoms with E-state index in [1.54, 1.807) is 0 Å². The van der Waals surface area contributed by atoms with Gasteiger partial charge in [-0.3, -0.25) is 9.59 Å². The van der Waals surface area contributed by atoms with Crippen molar-refractivity contribution in [3.63, 3.8) is 0 Å². The fourth-order valence-electron chi connectivity index (χ4n) is 3.34. The number of aliphatic hydroxyl groups is 3. The molecule has 1 saturated heterocycles. The van der Waals surface area contributed by atoms with E-state index in [1.165, 1.54) is 37.0 Å². The number of carbonyl (C=O) groups is 2. The van der Waals surface area contributed by atoms with E-state index in [4.69, 9.17) is 4.74 Å². The molecule has 2 aliphatic rings. The van der Waals surface area contributed by atoms with Crippen LogP contribution in [0.25, 0.3) is 16.7 Å². The second-order valence-corrected chi connectivity index (χ2v) is 6.65. The number of carbonyl (C=O) groups excluding carboxylic acids is 2. The minimum Gasteiger partial charge on any atom is -0.385 e. The number of hydrogen-bond donors (Lipinski definition) is 5. The van der Waals surface area contributed by atoms with Gasteiger partial charge in [0, 0.05) is 24.8 Å². The molecule has 11 nitrogen and oxygen atoms in total. The Hall–Kier alpha value is -2.86. The van der Waals surface area contributed by atoms with E-state index in [0.717, 1.165) is 0 Å². The highest BCUT2D eigenvalue weighted by molar-refractivity contribution is 6.14. The Balaban J connectivity index is 1.95. The van der Waals surface area contributed by atoms with Crippen molar-refractivity contribution in [3.05, 3.63) is 24.2 Å². The van der Waals surface area contributed by atoms with Gasteiger partial charge in [0.05, 0.1) is 11.1 Å². The highest BCUT2D eigenvalue weighted by Crippen LogP contribution is 2.41. The second kappa shape index (κ2) is 5.82. The minimum atomic E-state index is -1.82. The number of amides is 2. The van der Waals surface area contributed by atoms with Gasteiger partial charge in [-0.05, 0) is 6.92 Å². The van der Waals surface area contributed by atoms with Crippen LogP contribution in [0.5, 0.6) is 0 Å². The van der Waals surface area contributed by atoms with E-state index in [0.29, 0.717) is 10.9 Å². The molecule has 2 aromatic heterocycles. The van der Waals surface area contributed by atoms with Gasteiger partial charge in [0.15, 0.2) is 12.5 Å². The number of rotatable bonds is 2. The summed E-state index contributed by atoms with van der Waals surface area (Å²) in [6.45, 7) is 2.63. The van der Waals surface area contributed by atoms with Crippen molar-refractivity contribution >= 4 is 34.4 Å². The smallest absolute Gasteiger partial charge is 0.251 e. The fourth-order valence-corrected chi connectivity index (χ4v) is 3.34. The number of aliphatic hydroxyl groups excluding tert-OH is 2. The van der Waals surface area contributed by atoms with Crippen LogP contribution >= 0.6 is 0 Å². The first-order chi connectivity index (χ1) is 12.7. The summed E-state index contributed by atoms with van der Waals surface area (Å²) in [5.41, 5.74) is -0.903. The zero-order valence-electron chi connectivity index (χ0n) is 14.4. The number of anilines is 1. The third-order valence-electron chi connectivity index (χ3n) is 4.62. The van der Waals surface area contributed by atoms with Gasteiger partial charge in [0.1, 0.15) is 29.5 Å². The molecular formula is C16H17N5O6. The van der Waals surface area contributed by atoms with Gasteiger partial charge in [0.25, 0.3) is 5.91 Å². The topological polar surface area (TPSA) is 159 Å². The Kier molecular flexibility index (Phi) is 3.78. The summed E-state index contributed by atoms with van der Waals surface area (Å²) in [6.07, 6.45) is -0.366. The molecule has 2 unspecified atom stereocenters. The Labute approximate surface area is 152 Å². The van der Waals surface area contributed by atoms with E-state index in [9.17, 15) is 24.9 Å². The van der Waals surface area contributed by atoms with Crippen LogP contribution in [0.1, 0.15) is 25.6 Å². The van der Waals surface area contributed by atoms with Crippen molar-refractivity contribution in [1.29, 1.82) is 0 Å². The van der Waals surface area contributed by atoms with E-state index in [1.807, 2.05) is 0 Å². The predicted molar refractivity (Wildman–Crippen MR) is 90.7 cm³/mol. The van der Waals surface area contributed by atoms with E-state index in [2.05, 4.69) is 20.6 Å². The predicted octanol–water partition coefficient (Wildman–Crippen LogP) is -1.18. The Bertz CT molecular complexity index is 997. The molecule has 4 atom stereocenters. The summed E-state index contributed by atoms with van der Waals surface area (Å²) in [6, 6.07) is 0. The second-order valence-electron chi connectivity index (χ2n) is 6.65. The van der Waals surface area contributed by atoms with E-state index >= 15 is 0 Å². The Morgan fingerprint density at radius 1 is 1.41 bits per heavy atom. The maximum Gasteiger partial charge on any atom is 0.251 e. The summed E-state index contributed by atoms with van der Waals surface area (Å²) in [5.74, 6) is -0.643. The van der Waals surface area contributed by atoms with Crippen LogP contribution in [0.15, 0.2) is 18.6 Å². The lowest BCUT2D eigenvalue weighted by atomic mass is 9.99. The van der Waals surface area contributed by atoms with Gasteiger partial charge in [-0.1, -0.05) is 0 Å². The zero-order valence-corrected chi connectivity index (χ0v) is 14.4. The van der Waals surface area contributed by atoms with E-state index < -0.39 is 30.1 Å². The largest absolute Gasteiger partial charge is 0.385 e. The van der Waals surface area contributed by atoms with Gasteiger partial charge in [-0.25, -0.2) is 9.97 Å². The number of ether oxygens (including phenoxy) is 1. The Morgan fingerprint density at radius 2 is 2.15 bits per heavy atom. The lowest BCUT2D eigenvalue weighted by molar-refractivity contribution is -0.141. The lowest BCUT2D eigenvalue weighted by Gasteiger charge is -2.27. The van der Waals surface area contributed by atoms with Crippen LogP contribution in [0.3, 0.4) is 0 Å². The highest BCUT2D eigenvalue weighted by atomic mass is 16.7. The zero-order chi connectivity index (χ0) is 19.5. The van der Waals surface area contributed by atoms with Crippen molar-refractivity contribution < 1.29 is 29.6 Å². The third kappa shape index (κ3) is 2.59. The Morgan fingerprint density at radius 3 is 2.78 bits per heavy atom. The first kappa shape index (κ1) is 17.5. The number of nitrogens with one attached hydrogen (secondary N) is 2. The van der Waals surface area contributed by atoms with Crippen LogP contribution in [0, 0.1) is 0 Å².